The standard InChI is InChI=1S/C18H25NO4/c1-23-12-14-7-5-6-13(10-14)11-17(20)19-16-9-4-2-3-8-15(16)18(21)22/h5-7,10,15-16H,2-4,8-9,11-12H2,1H3,(H,19,20)(H,21,22)/t15-,16+/m1/s1. The van der Waals surface area contributed by atoms with Crippen molar-refractivity contribution in [2.45, 2.75) is 51.2 Å². The zero-order valence-electron chi connectivity index (χ0n) is 13.6. The Bertz CT molecular complexity index is 544. The Labute approximate surface area is 137 Å². The van der Waals surface area contributed by atoms with E-state index in [-0.39, 0.29) is 18.4 Å². The molecule has 1 aromatic rings. The van der Waals surface area contributed by atoms with E-state index < -0.39 is 11.9 Å². The van der Waals surface area contributed by atoms with Gasteiger partial charge < -0.3 is 15.2 Å². The van der Waals surface area contributed by atoms with Crippen LogP contribution in [-0.2, 0) is 27.4 Å². The maximum absolute atomic E-state index is 12.3. The number of rotatable bonds is 6. The van der Waals surface area contributed by atoms with E-state index in [9.17, 15) is 14.7 Å². The average Bonchev–Trinajstić information content (AvgIpc) is 2.73. The van der Waals surface area contributed by atoms with E-state index in [1.807, 2.05) is 24.3 Å². The van der Waals surface area contributed by atoms with Gasteiger partial charge in [-0.25, -0.2) is 0 Å². The van der Waals surface area contributed by atoms with Gasteiger partial charge in [0.15, 0.2) is 0 Å². The van der Waals surface area contributed by atoms with Crippen molar-refractivity contribution in [2.24, 2.45) is 5.92 Å². The third-order valence-electron chi connectivity index (χ3n) is 4.35. The lowest BCUT2D eigenvalue weighted by Crippen LogP contribution is -2.43. The van der Waals surface area contributed by atoms with E-state index in [2.05, 4.69) is 5.32 Å². The Morgan fingerprint density at radius 2 is 1.96 bits per heavy atom. The van der Waals surface area contributed by atoms with E-state index in [1.54, 1.807) is 7.11 Å². The Morgan fingerprint density at radius 3 is 2.70 bits per heavy atom. The number of carboxylic acids is 1. The summed E-state index contributed by atoms with van der Waals surface area (Å²) in [5.74, 6) is -1.39. The Balaban J connectivity index is 1.97. The highest BCUT2D eigenvalue weighted by Gasteiger charge is 2.30. The zero-order chi connectivity index (χ0) is 16.7. The molecule has 1 aliphatic carbocycles. The number of carboxylic acid groups (broad SMARTS) is 1. The number of aliphatic carboxylic acids is 1. The maximum atomic E-state index is 12.3. The summed E-state index contributed by atoms with van der Waals surface area (Å²) in [7, 11) is 1.64. The number of hydrogen-bond donors (Lipinski definition) is 2. The van der Waals surface area contributed by atoms with Crippen LogP contribution in [0.3, 0.4) is 0 Å². The van der Waals surface area contributed by atoms with Crippen molar-refractivity contribution in [1.29, 1.82) is 0 Å². The summed E-state index contributed by atoms with van der Waals surface area (Å²) in [5, 5.41) is 12.3. The van der Waals surface area contributed by atoms with E-state index in [4.69, 9.17) is 4.74 Å². The molecule has 1 fully saturated rings. The molecule has 0 unspecified atom stereocenters. The van der Waals surface area contributed by atoms with Crippen LogP contribution in [0.4, 0.5) is 0 Å². The fourth-order valence-corrected chi connectivity index (χ4v) is 3.22. The van der Waals surface area contributed by atoms with Gasteiger partial charge in [-0.1, -0.05) is 43.5 Å². The van der Waals surface area contributed by atoms with Crippen LogP contribution in [0.5, 0.6) is 0 Å². The summed E-state index contributed by atoms with van der Waals surface area (Å²) in [5.41, 5.74) is 1.94. The molecular formula is C18H25NO4. The van der Waals surface area contributed by atoms with Crippen molar-refractivity contribution in [1.82, 2.24) is 5.32 Å². The predicted octanol–water partition coefficient (Wildman–Crippen LogP) is 2.53. The first-order chi connectivity index (χ1) is 11.1. The fourth-order valence-electron chi connectivity index (χ4n) is 3.22. The number of ether oxygens (including phenoxy) is 1. The molecule has 1 amide bonds. The number of carbonyl (C=O) groups is 2. The number of hydrogen-bond acceptors (Lipinski definition) is 3. The van der Waals surface area contributed by atoms with Crippen molar-refractivity contribution >= 4 is 11.9 Å². The largest absolute Gasteiger partial charge is 0.481 e. The summed E-state index contributed by atoms with van der Waals surface area (Å²) in [4.78, 5) is 23.7. The molecule has 0 aromatic heterocycles. The molecule has 2 atom stereocenters. The monoisotopic (exact) mass is 319 g/mol. The summed E-state index contributed by atoms with van der Waals surface area (Å²) >= 11 is 0. The molecule has 1 aromatic carbocycles. The van der Waals surface area contributed by atoms with Crippen LogP contribution < -0.4 is 5.32 Å². The van der Waals surface area contributed by atoms with Crippen LogP contribution in [0.15, 0.2) is 24.3 Å². The van der Waals surface area contributed by atoms with Gasteiger partial charge in [0.25, 0.3) is 0 Å². The zero-order valence-corrected chi connectivity index (χ0v) is 13.6. The molecule has 0 bridgehead atoms. The third kappa shape index (κ3) is 5.36. The Kier molecular flexibility index (Phi) is 6.59. The lowest BCUT2D eigenvalue weighted by atomic mass is 9.94. The third-order valence-corrected chi connectivity index (χ3v) is 4.35. The first-order valence-corrected chi connectivity index (χ1v) is 8.19. The van der Waals surface area contributed by atoms with E-state index in [0.717, 1.165) is 36.8 Å². The van der Waals surface area contributed by atoms with Gasteiger partial charge in [-0.05, 0) is 24.0 Å². The fraction of sp³-hybridized carbons (Fsp3) is 0.556. The molecule has 0 saturated heterocycles. The van der Waals surface area contributed by atoms with Gasteiger partial charge in [-0.2, -0.15) is 0 Å². The molecule has 2 N–H and O–H groups in total. The second kappa shape index (κ2) is 8.67. The Hall–Kier alpha value is -1.88. The van der Waals surface area contributed by atoms with Gasteiger partial charge in [0.05, 0.1) is 18.9 Å². The van der Waals surface area contributed by atoms with Crippen molar-refractivity contribution < 1.29 is 19.4 Å². The van der Waals surface area contributed by atoms with E-state index >= 15 is 0 Å². The minimum atomic E-state index is -0.806. The number of amides is 1. The molecule has 1 aliphatic rings. The molecular weight excluding hydrogens is 294 g/mol. The van der Waals surface area contributed by atoms with Gasteiger partial charge in [0, 0.05) is 13.2 Å². The highest BCUT2D eigenvalue weighted by molar-refractivity contribution is 5.80. The van der Waals surface area contributed by atoms with Crippen molar-refractivity contribution in [3.8, 4) is 0 Å². The highest BCUT2D eigenvalue weighted by atomic mass is 16.5. The van der Waals surface area contributed by atoms with Crippen molar-refractivity contribution in [3.63, 3.8) is 0 Å². The quantitative estimate of drug-likeness (QED) is 0.790. The van der Waals surface area contributed by atoms with E-state index in [0.29, 0.717) is 13.0 Å². The van der Waals surface area contributed by atoms with Gasteiger partial charge in [-0.3, -0.25) is 9.59 Å². The molecule has 2 rings (SSSR count). The predicted molar refractivity (Wildman–Crippen MR) is 87.0 cm³/mol. The minimum Gasteiger partial charge on any atom is -0.481 e. The summed E-state index contributed by atoms with van der Waals surface area (Å²) in [6, 6.07) is 7.45. The van der Waals surface area contributed by atoms with Crippen LogP contribution >= 0.6 is 0 Å². The second-order valence-electron chi connectivity index (χ2n) is 6.19. The molecule has 126 valence electrons. The minimum absolute atomic E-state index is 0.113. The smallest absolute Gasteiger partial charge is 0.308 e. The highest BCUT2D eigenvalue weighted by Crippen LogP contribution is 2.24. The van der Waals surface area contributed by atoms with Crippen LogP contribution in [0.1, 0.15) is 43.2 Å². The van der Waals surface area contributed by atoms with Crippen molar-refractivity contribution in [2.75, 3.05) is 7.11 Å². The average molecular weight is 319 g/mol. The normalized spacial score (nSPS) is 21.4. The van der Waals surface area contributed by atoms with Crippen LogP contribution in [0.25, 0.3) is 0 Å². The molecule has 5 nitrogen and oxygen atoms in total. The van der Waals surface area contributed by atoms with Gasteiger partial charge in [0.2, 0.25) is 5.91 Å². The topological polar surface area (TPSA) is 75.6 Å². The van der Waals surface area contributed by atoms with Gasteiger partial charge >= 0.3 is 5.97 Å². The summed E-state index contributed by atoms with van der Waals surface area (Å²) < 4.78 is 5.10. The molecule has 0 radical (unpaired) electrons. The number of benzene rings is 1. The second-order valence-corrected chi connectivity index (χ2v) is 6.19. The lowest BCUT2D eigenvalue weighted by molar-refractivity contribution is -0.143. The molecule has 23 heavy (non-hydrogen) atoms. The maximum Gasteiger partial charge on any atom is 0.308 e. The molecule has 5 heteroatoms. The number of methoxy groups -OCH3 is 1. The summed E-state index contributed by atoms with van der Waals surface area (Å²) in [6.07, 6.45) is 4.58. The molecule has 0 spiro atoms. The SMILES string of the molecule is COCc1cccc(CC(=O)N[C@H]2CCCCC[C@H]2C(=O)O)c1. The van der Waals surface area contributed by atoms with Crippen LogP contribution in [0.2, 0.25) is 0 Å². The summed E-state index contributed by atoms with van der Waals surface area (Å²) in [6.45, 7) is 0.513. The molecule has 1 saturated carbocycles. The first-order valence-electron chi connectivity index (χ1n) is 8.19. The van der Waals surface area contributed by atoms with Crippen molar-refractivity contribution in [3.05, 3.63) is 35.4 Å². The van der Waals surface area contributed by atoms with Crippen LogP contribution in [0, 0.1) is 5.92 Å². The molecule has 0 aliphatic heterocycles. The number of nitrogens with one attached hydrogen (secondary N) is 1. The van der Waals surface area contributed by atoms with Crippen LogP contribution in [-0.4, -0.2) is 30.1 Å². The lowest BCUT2D eigenvalue weighted by Gasteiger charge is -2.23. The Morgan fingerprint density at radius 1 is 1.22 bits per heavy atom. The van der Waals surface area contributed by atoms with Gasteiger partial charge in [0.1, 0.15) is 0 Å². The molecule has 0 heterocycles. The van der Waals surface area contributed by atoms with E-state index in [1.165, 1.54) is 0 Å². The number of carbonyl (C=O) groups excluding carboxylic acids is 1. The van der Waals surface area contributed by atoms with Gasteiger partial charge in [-0.15, -0.1) is 0 Å². The first kappa shape index (κ1) is 17.5.